The van der Waals surface area contributed by atoms with Crippen molar-refractivity contribution in [3.8, 4) is 11.4 Å². The lowest BCUT2D eigenvalue weighted by Gasteiger charge is -2.19. The van der Waals surface area contributed by atoms with Crippen LogP contribution in [0.4, 0.5) is 17.3 Å². The number of aromatic nitrogens is 4. The summed E-state index contributed by atoms with van der Waals surface area (Å²) >= 11 is 0. The van der Waals surface area contributed by atoms with Gasteiger partial charge in [-0.25, -0.2) is 14.5 Å². The summed E-state index contributed by atoms with van der Waals surface area (Å²) in [7, 11) is 1.61. The van der Waals surface area contributed by atoms with E-state index in [4.69, 9.17) is 9.84 Å². The molecule has 2 N–H and O–H groups in total. The topological polar surface area (TPSA) is 122 Å². The predicted octanol–water partition coefficient (Wildman–Crippen LogP) is 3.01. The van der Waals surface area contributed by atoms with Gasteiger partial charge in [-0.15, -0.1) is 0 Å². The molecule has 2 aromatic heterocycles. The van der Waals surface area contributed by atoms with Crippen molar-refractivity contribution in [2.24, 2.45) is 0 Å². The van der Waals surface area contributed by atoms with Gasteiger partial charge in [0.2, 0.25) is 5.95 Å². The number of carbonyl (C=O) groups excluding carboxylic acids is 1. The first-order valence-corrected chi connectivity index (χ1v) is 9.77. The first-order valence-electron chi connectivity index (χ1n) is 9.77. The molecule has 2 heterocycles. The average Bonchev–Trinajstić information content (AvgIpc) is 3.24. The molecule has 0 aliphatic rings. The maximum Gasteiger partial charge on any atom is 0.394 e. The van der Waals surface area contributed by atoms with Crippen molar-refractivity contribution in [1.29, 1.82) is 0 Å². The van der Waals surface area contributed by atoms with Gasteiger partial charge in [0.1, 0.15) is 5.75 Å². The number of amides is 1. The molecule has 0 fully saturated rings. The zero-order valence-corrected chi connectivity index (χ0v) is 17.4. The quantitative estimate of drug-likeness (QED) is 0.446. The number of fused-ring (bicyclic) bond motifs is 1. The second-order valence-corrected chi connectivity index (χ2v) is 6.75. The summed E-state index contributed by atoms with van der Waals surface area (Å²) in [6.45, 7) is 1.95. The zero-order valence-electron chi connectivity index (χ0n) is 17.4. The Labute approximate surface area is 183 Å². The van der Waals surface area contributed by atoms with Gasteiger partial charge in [-0.05, 0) is 55.5 Å². The predicted molar refractivity (Wildman–Crippen MR) is 119 cm³/mol. The Morgan fingerprint density at radius 1 is 1.09 bits per heavy atom. The van der Waals surface area contributed by atoms with E-state index >= 15 is 0 Å². The number of anilines is 3. The lowest BCUT2D eigenvalue weighted by atomic mass is 10.2. The van der Waals surface area contributed by atoms with Crippen molar-refractivity contribution in [1.82, 2.24) is 19.7 Å². The highest BCUT2D eigenvalue weighted by Crippen LogP contribution is 2.23. The van der Waals surface area contributed by atoms with Gasteiger partial charge in [-0.1, -0.05) is 0 Å². The Balaban J connectivity index is 1.58. The van der Waals surface area contributed by atoms with E-state index in [0.717, 1.165) is 16.8 Å². The smallest absolute Gasteiger partial charge is 0.394 e. The number of hydrogen-bond donors (Lipinski definition) is 2. The number of carboxylic acid groups (broad SMARTS) is 1. The van der Waals surface area contributed by atoms with Gasteiger partial charge in [0.25, 0.3) is 0 Å². The molecule has 0 unspecified atom stereocenters. The minimum atomic E-state index is -1.50. The van der Waals surface area contributed by atoms with Gasteiger partial charge in [-0.2, -0.15) is 10.1 Å². The zero-order chi connectivity index (χ0) is 22.7. The van der Waals surface area contributed by atoms with Crippen LogP contribution in [0.25, 0.3) is 16.7 Å². The van der Waals surface area contributed by atoms with Crippen LogP contribution in [0.3, 0.4) is 0 Å². The van der Waals surface area contributed by atoms with E-state index in [0.29, 0.717) is 23.0 Å². The van der Waals surface area contributed by atoms with Crippen LogP contribution in [0.15, 0.2) is 60.9 Å². The van der Waals surface area contributed by atoms with Gasteiger partial charge >= 0.3 is 11.9 Å². The van der Waals surface area contributed by atoms with Gasteiger partial charge in [0, 0.05) is 24.1 Å². The fourth-order valence-corrected chi connectivity index (χ4v) is 3.20. The Kier molecular flexibility index (Phi) is 5.67. The molecule has 0 saturated carbocycles. The maximum absolute atomic E-state index is 11.8. The van der Waals surface area contributed by atoms with Gasteiger partial charge in [0.15, 0.2) is 5.65 Å². The molecular weight excluding hydrogens is 412 g/mol. The molecule has 10 nitrogen and oxygen atoms in total. The summed E-state index contributed by atoms with van der Waals surface area (Å²) in [5.41, 5.74) is 2.63. The number of rotatable bonds is 6. The summed E-state index contributed by atoms with van der Waals surface area (Å²) in [6.07, 6.45) is 3.37. The molecule has 10 heteroatoms. The lowest BCUT2D eigenvalue weighted by Crippen LogP contribution is -2.36. The summed E-state index contributed by atoms with van der Waals surface area (Å²) in [4.78, 5) is 32.9. The van der Waals surface area contributed by atoms with Crippen LogP contribution in [0.5, 0.6) is 5.75 Å². The number of nitrogens with one attached hydrogen (secondary N) is 1. The SMILES string of the molecule is CCN(C(=O)C(=O)O)c1ccc(Nc2ncc3cnn(-c4ccc(OC)cc4)c3n2)cc1. The number of benzene rings is 2. The lowest BCUT2D eigenvalue weighted by molar-refractivity contribution is -0.148. The molecule has 0 aliphatic carbocycles. The van der Waals surface area contributed by atoms with Crippen molar-refractivity contribution in [2.45, 2.75) is 6.92 Å². The summed E-state index contributed by atoms with van der Waals surface area (Å²) < 4.78 is 6.91. The van der Waals surface area contributed by atoms with Crippen LogP contribution in [-0.2, 0) is 9.59 Å². The number of likely N-dealkylation sites (N-methyl/N-ethyl adjacent to an activating group) is 1. The van der Waals surface area contributed by atoms with Crippen LogP contribution in [-0.4, -0.2) is 50.4 Å². The number of nitrogens with zero attached hydrogens (tertiary/aromatic N) is 5. The monoisotopic (exact) mass is 432 g/mol. The molecule has 4 aromatic rings. The summed E-state index contributed by atoms with van der Waals surface area (Å²) in [5, 5.41) is 17.3. The molecular formula is C22H20N6O4. The van der Waals surface area contributed by atoms with Crippen molar-refractivity contribution >= 4 is 40.2 Å². The molecule has 0 atom stereocenters. The largest absolute Gasteiger partial charge is 0.497 e. The van der Waals surface area contributed by atoms with Gasteiger partial charge in [0.05, 0.1) is 24.4 Å². The fraction of sp³-hybridized carbons (Fsp3) is 0.136. The van der Waals surface area contributed by atoms with E-state index in [9.17, 15) is 9.59 Å². The van der Waals surface area contributed by atoms with E-state index in [1.54, 1.807) is 55.4 Å². The number of methoxy groups -OCH3 is 1. The average molecular weight is 432 g/mol. The third kappa shape index (κ3) is 4.06. The molecule has 0 aliphatic heterocycles. The Bertz CT molecular complexity index is 1270. The van der Waals surface area contributed by atoms with E-state index in [1.807, 2.05) is 24.3 Å². The van der Waals surface area contributed by atoms with Crippen molar-refractivity contribution in [3.05, 3.63) is 60.9 Å². The highest BCUT2D eigenvalue weighted by Gasteiger charge is 2.20. The normalized spacial score (nSPS) is 10.7. The highest BCUT2D eigenvalue weighted by atomic mass is 16.5. The second-order valence-electron chi connectivity index (χ2n) is 6.75. The van der Waals surface area contributed by atoms with Crippen molar-refractivity contribution < 1.29 is 19.4 Å². The Morgan fingerprint density at radius 3 is 2.44 bits per heavy atom. The number of aliphatic carboxylic acids is 1. The maximum atomic E-state index is 11.8. The number of carbonyl (C=O) groups is 2. The third-order valence-electron chi connectivity index (χ3n) is 4.81. The Morgan fingerprint density at radius 2 is 1.81 bits per heavy atom. The highest BCUT2D eigenvalue weighted by molar-refractivity contribution is 6.37. The number of ether oxygens (including phenoxy) is 1. The van der Waals surface area contributed by atoms with Crippen LogP contribution >= 0.6 is 0 Å². The van der Waals surface area contributed by atoms with Crippen LogP contribution in [0, 0.1) is 0 Å². The number of carboxylic acids is 1. The third-order valence-corrected chi connectivity index (χ3v) is 4.81. The summed E-state index contributed by atoms with van der Waals surface area (Å²) in [5.74, 6) is -1.36. The minimum absolute atomic E-state index is 0.243. The molecule has 0 bridgehead atoms. The minimum Gasteiger partial charge on any atom is -0.497 e. The van der Waals surface area contributed by atoms with Crippen molar-refractivity contribution in [2.75, 3.05) is 23.9 Å². The molecule has 1 amide bonds. The summed E-state index contributed by atoms with van der Waals surface area (Å²) in [6, 6.07) is 14.2. The molecule has 162 valence electrons. The first-order chi connectivity index (χ1) is 15.5. The van der Waals surface area contributed by atoms with Crippen LogP contribution < -0.4 is 15.0 Å². The fourth-order valence-electron chi connectivity index (χ4n) is 3.20. The first kappa shape index (κ1) is 20.8. The van der Waals surface area contributed by atoms with E-state index in [2.05, 4.69) is 20.4 Å². The van der Waals surface area contributed by atoms with Crippen LogP contribution in [0.1, 0.15) is 6.92 Å². The van der Waals surface area contributed by atoms with Crippen molar-refractivity contribution in [3.63, 3.8) is 0 Å². The van der Waals surface area contributed by atoms with E-state index in [1.165, 1.54) is 4.90 Å². The molecule has 2 aromatic carbocycles. The standard InChI is InChI=1S/C22H20N6O4/c1-3-27(20(29)21(30)31)16-6-4-15(5-7-16)25-22-23-12-14-13-24-28(19(14)26-22)17-8-10-18(32-2)11-9-17/h4-13H,3H2,1-2H3,(H,30,31)(H,23,25,26). The second kappa shape index (κ2) is 8.72. The Hall–Kier alpha value is -4.47. The van der Waals surface area contributed by atoms with Crippen LogP contribution in [0.2, 0.25) is 0 Å². The van der Waals surface area contributed by atoms with Gasteiger partial charge < -0.3 is 20.1 Å². The molecule has 32 heavy (non-hydrogen) atoms. The molecule has 0 spiro atoms. The van der Waals surface area contributed by atoms with Gasteiger partial charge in [-0.3, -0.25) is 4.79 Å². The van der Waals surface area contributed by atoms with E-state index < -0.39 is 11.9 Å². The molecule has 0 radical (unpaired) electrons. The van der Waals surface area contributed by atoms with E-state index in [-0.39, 0.29) is 6.54 Å². The molecule has 4 rings (SSSR count). The molecule has 0 saturated heterocycles. The number of hydrogen-bond acceptors (Lipinski definition) is 7.